The molecule has 1 aromatic rings. The predicted octanol–water partition coefficient (Wildman–Crippen LogP) is 1.03. The molecule has 1 aromatic carbocycles. The van der Waals surface area contributed by atoms with Gasteiger partial charge >= 0.3 is 0 Å². The van der Waals surface area contributed by atoms with E-state index in [9.17, 15) is 9.59 Å². The molecule has 0 radical (unpaired) electrons. The van der Waals surface area contributed by atoms with E-state index in [1.807, 2.05) is 24.3 Å². The summed E-state index contributed by atoms with van der Waals surface area (Å²) in [5, 5.41) is 0. The van der Waals surface area contributed by atoms with Crippen molar-refractivity contribution in [3.05, 3.63) is 35.9 Å². The van der Waals surface area contributed by atoms with E-state index in [2.05, 4.69) is 0 Å². The number of amides is 2. The molecule has 6 heteroatoms. The Morgan fingerprint density at radius 1 is 1.35 bits per heavy atom. The Hall–Kier alpha value is -2.34. The highest BCUT2D eigenvalue weighted by Gasteiger charge is 2.19. The maximum absolute atomic E-state index is 12.1. The summed E-state index contributed by atoms with van der Waals surface area (Å²) in [4.78, 5) is 27.3. The lowest BCUT2D eigenvalue weighted by atomic mass is 10.2. The summed E-state index contributed by atoms with van der Waals surface area (Å²) >= 11 is 0. The zero-order chi connectivity index (χ0) is 16.7. The first-order valence-electron chi connectivity index (χ1n) is 7.53. The van der Waals surface area contributed by atoms with Gasteiger partial charge in [0.05, 0.1) is 26.9 Å². The van der Waals surface area contributed by atoms with Gasteiger partial charge in [-0.1, -0.05) is 12.1 Å². The number of benzene rings is 1. The van der Waals surface area contributed by atoms with E-state index in [4.69, 9.17) is 9.47 Å². The summed E-state index contributed by atoms with van der Waals surface area (Å²) in [6.45, 7) is 2.35. The van der Waals surface area contributed by atoms with Crippen LogP contribution >= 0.6 is 0 Å². The molecule has 1 aliphatic heterocycles. The molecule has 0 aliphatic carbocycles. The normalized spacial score (nSPS) is 14.8. The van der Waals surface area contributed by atoms with Crippen LogP contribution in [-0.2, 0) is 14.3 Å². The molecule has 2 rings (SSSR count). The Morgan fingerprint density at radius 2 is 2.09 bits per heavy atom. The Bertz CT molecular complexity index is 580. The van der Waals surface area contributed by atoms with E-state index in [1.54, 1.807) is 25.1 Å². The standard InChI is InChI=1S/C17H22N2O4/c1-18(13-17(21)19-8-10-23-11-9-19)16(20)7-6-14-4-3-5-15(12-14)22-2/h3-7,12H,8-11,13H2,1-2H3/b7-6+. The van der Waals surface area contributed by atoms with E-state index < -0.39 is 0 Å². The average Bonchev–Trinajstić information content (AvgIpc) is 2.60. The second kappa shape index (κ2) is 8.33. The highest BCUT2D eigenvalue weighted by molar-refractivity contribution is 5.94. The first-order chi connectivity index (χ1) is 11.1. The minimum Gasteiger partial charge on any atom is -0.497 e. The van der Waals surface area contributed by atoms with Gasteiger partial charge in [-0.25, -0.2) is 0 Å². The molecule has 23 heavy (non-hydrogen) atoms. The number of morpholine rings is 1. The summed E-state index contributed by atoms with van der Waals surface area (Å²) in [5.74, 6) is 0.462. The van der Waals surface area contributed by atoms with E-state index >= 15 is 0 Å². The quantitative estimate of drug-likeness (QED) is 0.761. The van der Waals surface area contributed by atoms with Crippen LogP contribution in [0.1, 0.15) is 5.56 Å². The molecule has 1 saturated heterocycles. The van der Waals surface area contributed by atoms with Crippen molar-refractivity contribution in [3.8, 4) is 5.75 Å². The van der Waals surface area contributed by atoms with Gasteiger partial charge in [0.2, 0.25) is 11.8 Å². The van der Waals surface area contributed by atoms with Gasteiger partial charge in [-0.2, -0.15) is 0 Å². The molecule has 0 N–H and O–H groups in total. The van der Waals surface area contributed by atoms with E-state index in [-0.39, 0.29) is 18.4 Å². The van der Waals surface area contributed by atoms with Gasteiger partial charge in [0.25, 0.3) is 0 Å². The molecule has 6 nitrogen and oxygen atoms in total. The van der Waals surface area contributed by atoms with Crippen molar-refractivity contribution >= 4 is 17.9 Å². The number of methoxy groups -OCH3 is 1. The Kier molecular flexibility index (Phi) is 6.17. The number of hydrogen-bond acceptors (Lipinski definition) is 4. The van der Waals surface area contributed by atoms with Crippen LogP contribution in [0.25, 0.3) is 6.08 Å². The molecule has 0 aromatic heterocycles. The fourth-order valence-corrected chi connectivity index (χ4v) is 2.23. The molecular formula is C17H22N2O4. The fraction of sp³-hybridized carbons (Fsp3) is 0.412. The first-order valence-corrected chi connectivity index (χ1v) is 7.53. The van der Waals surface area contributed by atoms with Crippen LogP contribution in [-0.4, -0.2) is 68.6 Å². The van der Waals surface area contributed by atoms with Crippen molar-refractivity contribution in [1.82, 2.24) is 9.80 Å². The second-order valence-electron chi connectivity index (χ2n) is 5.30. The molecule has 0 bridgehead atoms. The molecule has 0 spiro atoms. The topological polar surface area (TPSA) is 59.1 Å². The van der Waals surface area contributed by atoms with Gasteiger partial charge in [-0.3, -0.25) is 9.59 Å². The Labute approximate surface area is 136 Å². The molecule has 0 unspecified atom stereocenters. The SMILES string of the molecule is COc1cccc(/C=C/C(=O)N(C)CC(=O)N2CCOCC2)c1. The summed E-state index contributed by atoms with van der Waals surface area (Å²) in [7, 11) is 3.22. The maximum atomic E-state index is 12.1. The number of carbonyl (C=O) groups is 2. The molecule has 1 heterocycles. The third-order valence-electron chi connectivity index (χ3n) is 3.62. The van der Waals surface area contributed by atoms with Gasteiger partial charge in [0.1, 0.15) is 5.75 Å². The lowest BCUT2D eigenvalue weighted by Crippen LogP contribution is -2.45. The smallest absolute Gasteiger partial charge is 0.246 e. The third-order valence-corrected chi connectivity index (χ3v) is 3.62. The lowest BCUT2D eigenvalue weighted by Gasteiger charge is -2.28. The van der Waals surface area contributed by atoms with Crippen LogP contribution in [0.3, 0.4) is 0 Å². The second-order valence-corrected chi connectivity index (χ2v) is 5.30. The highest BCUT2D eigenvalue weighted by atomic mass is 16.5. The van der Waals surface area contributed by atoms with E-state index in [0.717, 1.165) is 11.3 Å². The molecular weight excluding hydrogens is 296 g/mol. The highest BCUT2D eigenvalue weighted by Crippen LogP contribution is 2.13. The number of hydrogen-bond donors (Lipinski definition) is 0. The zero-order valence-corrected chi connectivity index (χ0v) is 13.5. The van der Waals surface area contributed by atoms with Gasteiger partial charge < -0.3 is 19.3 Å². The average molecular weight is 318 g/mol. The van der Waals surface area contributed by atoms with Crippen molar-refractivity contribution in [2.45, 2.75) is 0 Å². The number of nitrogens with zero attached hydrogens (tertiary/aromatic N) is 2. The van der Waals surface area contributed by atoms with Crippen molar-refractivity contribution in [2.75, 3.05) is 47.0 Å². The van der Waals surface area contributed by atoms with Crippen LogP contribution in [0.15, 0.2) is 30.3 Å². The summed E-state index contributed by atoms with van der Waals surface area (Å²) < 4.78 is 10.4. The molecule has 124 valence electrons. The largest absolute Gasteiger partial charge is 0.497 e. The van der Waals surface area contributed by atoms with Crippen molar-refractivity contribution < 1.29 is 19.1 Å². The van der Waals surface area contributed by atoms with Crippen LogP contribution in [0.5, 0.6) is 5.75 Å². The van der Waals surface area contributed by atoms with E-state index in [1.165, 1.54) is 11.0 Å². The van der Waals surface area contributed by atoms with Crippen molar-refractivity contribution in [1.29, 1.82) is 0 Å². The summed E-state index contributed by atoms with van der Waals surface area (Å²) in [5.41, 5.74) is 0.866. The minimum absolute atomic E-state index is 0.0565. The van der Waals surface area contributed by atoms with Crippen LogP contribution < -0.4 is 4.74 Å². The summed E-state index contributed by atoms with van der Waals surface area (Å²) in [6.07, 6.45) is 3.17. The predicted molar refractivity (Wildman–Crippen MR) is 87.1 cm³/mol. The molecule has 1 fully saturated rings. The minimum atomic E-state index is -0.213. The Morgan fingerprint density at radius 3 is 2.78 bits per heavy atom. The fourth-order valence-electron chi connectivity index (χ4n) is 2.23. The van der Waals surface area contributed by atoms with Crippen molar-refractivity contribution in [3.63, 3.8) is 0 Å². The Balaban J connectivity index is 1.88. The lowest BCUT2D eigenvalue weighted by molar-refractivity contribution is -0.140. The number of ether oxygens (including phenoxy) is 2. The maximum Gasteiger partial charge on any atom is 0.246 e. The number of likely N-dealkylation sites (N-methyl/N-ethyl adjacent to an activating group) is 1. The molecule has 2 amide bonds. The van der Waals surface area contributed by atoms with Crippen LogP contribution in [0.4, 0.5) is 0 Å². The van der Waals surface area contributed by atoms with Crippen LogP contribution in [0, 0.1) is 0 Å². The van der Waals surface area contributed by atoms with Crippen molar-refractivity contribution in [2.24, 2.45) is 0 Å². The molecule has 0 saturated carbocycles. The number of rotatable bonds is 5. The van der Waals surface area contributed by atoms with Gasteiger partial charge in [-0.05, 0) is 23.8 Å². The van der Waals surface area contributed by atoms with Gasteiger partial charge in [-0.15, -0.1) is 0 Å². The third kappa shape index (κ3) is 5.10. The number of carbonyl (C=O) groups excluding carboxylic acids is 2. The molecule has 1 aliphatic rings. The van der Waals surface area contributed by atoms with Gasteiger partial charge in [0, 0.05) is 26.2 Å². The molecule has 0 atom stereocenters. The van der Waals surface area contributed by atoms with Crippen LogP contribution in [0.2, 0.25) is 0 Å². The zero-order valence-electron chi connectivity index (χ0n) is 13.5. The van der Waals surface area contributed by atoms with E-state index in [0.29, 0.717) is 26.3 Å². The summed E-state index contributed by atoms with van der Waals surface area (Å²) in [6, 6.07) is 7.41. The first kappa shape index (κ1) is 17.0. The van der Waals surface area contributed by atoms with Gasteiger partial charge in [0.15, 0.2) is 0 Å². The monoisotopic (exact) mass is 318 g/mol.